The summed E-state index contributed by atoms with van der Waals surface area (Å²) in [5, 5.41) is 3.57. The van der Waals surface area contributed by atoms with Crippen LogP contribution in [-0.4, -0.2) is 12.6 Å². The van der Waals surface area contributed by atoms with Crippen LogP contribution in [0.3, 0.4) is 0 Å². The molecule has 0 bridgehead atoms. The molecule has 0 aliphatic heterocycles. The summed E-state index contributed by atoms with van der Waals surface area (Å²) >= 11 is 0. The topological polar surface area (TPSA) is 21.3 Å². The second kappa shape index (κ2) is 7.99. The lowest BCUT2D eigenvalue weighted by Crippen LogP contribution is -2.17. The van der Waals surface area contributed by atoms with E-state index in [-0.39, 0.29) is 0 Å². The Hall–Kier alpha value is -1.18. The minimum absolute atomic E-state index is 0.571. The average molecular weight is 235 g/mol. The highest BCUT2D eigenvalue weighted by Crippen LogP contribution is 2.19. The van der Waals surface area contributed by atoms with Crippen LogP contribution in [0.15, 0.2) is 24.3 Å². The minimum Gasteiger partial charge on any atom is -0.494 e. The van der Waals surface area contributed by atoms with Crippen molar-refractivity contribution in [2.24, 2.45) is 0 Å². The third-order valence-electron chi connectivity index (χ3n) is 2.81. The van der Waals surface area contributed by atoms with Gasteiger partial charge in [0.2, 0.25) is 0 Å². The molecule has 0 heterocycles. The Morgan fingerprint density at radius 2 is 2.00 bits per heavy atom. The molecule has 17 heavy (non-hydrogen) atoms. The zero-order chi connectivity index (χ0) is 12.5. The number of nitrogens with one attached hydrogen (secondary N) is 1. The molecule has 1 aromatic rings. The molecule has 2 heteroatoms. The van der Waals surface area contributed by atoms with E-state index in [0.29, 0.717) is 6.04 Å². The lowest BCUT2D eigenvalue weighted by Gasteiger charge is -2.18. The molecule has 1 aromatic carbocycles. The maximum Gasteiger partial charge on any atom is 0.121 e. The Bertz CT molecular complexity index is 312. The Kier molecular flexibility index (Phi) is 6.53. The molecule has 0 fully saturated rings. The molecule has 2 nitrogen and oxygen atoms in total. The lowest BCUT2D eigenvalue weighted by atomic mass is 10.1. The number of ether oxygens (including phenoxy) is 1. The second-order valence-corrected chi connectivity index (χ2v) is 4.41. The highest BCUT2D eigenvalue weighted by Gasteiger charge is 2.05. The number of hydrogen-bond acceptors (Lipinski definition) is 2. The quantitative estimate of drug-likeness (QED) is 0.718. The summed E-state index contributed by atoms with van der Waals surface area (Å²) in [4.78, 5) is 0. The van der Waals surface area contributed by atoms with E-state index in [2.05, 4.69) is 38.2 Å². The van der Waals surface area contributed by atoms with Gasteiger partial charge in [0, 0.05) is 17.8 Å². The van der Waals surface area contributed by atoms with Crippen LogP contribution in [0.25, 0.3) is 0 Å². The summed E-state index contributed by atoms with van der Waals surface area (Å²) < 4.78 is 5.63. The van der Waals surface area contributed by atoms with Crippen molar-refractivity contribution in [2.45, 2.75) is 52.5 Å². The van der Waals surface area contributed by atoms with E-state index in [0.717, 1.165) is 25.2 Å². The fourth-order valence-corrected chi connectivity index (χ4v) is 1.86. The van der Waals surface area contributed by atoms with Crippen molar-refractivity contribution in [2.75, 3.05) is 11.9 Å². The summed E-state index contributed by atoms with van der Waals surface area (Å²) in [6.07, 6.45) is 4.65. The van der Waals surface area contributed by atoms with E-state index in [1.54, 1.807) is 0 Å². The SMILES string of the molecule is CCCOc1cccc(NC(CC)CCC)c1. The first-order valence-electron chi connectivity index (χ1n) is 6.79. The van der Waals surface area contributed by atoms with Crippen LogP contribution in [0.2, 0.25) is 0 Å². The predicted octanol–water partition coefficient (Wildman–Crippen LogP) is 4.47. The largest absolute Gasteiger partial charge is 0.494 e. The third-order valence-corrected chi connectivity index (χ3v) is 2.81. The van der Waals surface area contributed by atoms with Crippen molar-refractivity contribution >= 4 is 5.69 Å². The van der Waals surface area contributed by atoms with E-state index >= 15 is 0 Å². The van der Waals surface area contributed by atoms with Gasteiger partial charge in [-0.25, -0.2) is 0 Å². The number of benzene rings is 1. The predicted molar refractivity (Wildman–Crippen MR) is 74.8 cm³/mol. The van der Waals surface area contributed by atoms with Crippen LogP contribution >= 0.6 is 0 Å². The number of anilines is 1. The Labute approximate surface area is 105 Å². The van der Waals surface area contributed by atoms with Gasteiger partial charge in [-0.1, -0.05) is 33.3 Å². The third kappa shape index (κ3) is 5.12. The van der Waals surface area contributed by atoms with Crippen molar-refractivity contribution in [3.05, 3.63) is 24.3 Å². The number of hydrogen-bond donors (Lipinski definition) is 1. The fourth-order valence-electron chi connectivity index (χ4n) is 1.86. The van der Waals surface area contributed by atoms with Crippen LogP contribution < -0.4 is 10.1 Å². The molecule has 0 aliphatic carbocycles. The van der Waals surface area contributed by atoms with Gasteiger partial charge in [0.25, 0.3) is 0 Å². The van der Waals surface area contributed by atoms with Crippen molar-refractivity contribution in [3.63, 3.8) is 0 Å². The molecule has 1 rings (SSSR count). The maximum absolute atomic E-state index is 5.63. The van der Waals surface area contributed by atoms with E-state index in [9.17, 15) is 0 Å². The molecule has 0 aliphatic rings. The van der Waals surface area contributed by atoms with Crippen molar-refractivity contribution < 1.29 is 4.74 Å². The van der Waals surface area contributed by atoms with E-state index in [1.807, 2.05) is 12.1 Å². The van der Waals surface area contributed by atoms with Crippen molar-refractivity contribution in [1.29, 1.82) is 0 Å². The summed E-state index contributed by atoms with van der Waals surface area (Å²) in [5.74, 6) is 0.961. The van der Waals surface area contributed by atoms with Gasteiger partial charge in [0.1, 0.15) is 5.75 Å². The molecule has 0 spiro atoms. The molecule has 1 N–H and O–H groups in total. The highest BCUT2D eigenvalue weighted by molar-refractivity contribution is 5.48. The zero-order valence-electron chi connectivity index (χ0n) is 11.3. The van der Waals surface area contributed by atoms with Crippen LogP contribution in [0.5, 0.6) is 5.75 Å². The van der Waals surface area contributed by atoms with Gasteiger partial charge in [-0.15, -0.1) is 0 Å². The first-order chi connectivity index (χ1) is 8.30. The van der Waals surface area contributed by atoms with Gasteiger partial charge in [-0.3, -0.25) is 0 Å². The van der Waals surface area contributed by atoms with Crippen molar-refractivity contribution in [3.8, 4) is 5.75 Å². The van der Waals surface area contributed by atoms with E-state index in [1.165, 1.54) is 18.5 Å². The molecular formula is C15H25NO. The van der Waals surface area contributed by atoms with Gasteiger partial charge < -0.3 is 10.1 Å². The standard InChI is InChI=1S/C15H25NO/c1-4-8-13(6-3)16-14-9-7-10-15(12-14)17-11-5-2/h7,9-10,12-13,16H,4-6,8,11H2,1-3H3. The van der Waals surface area contributed by atoms with E-state index < -0.39 is 0 Å². The first-order valence-corrected chi connectivity index (χ1v) is 6.79. The summed E-state index contributed by atoms with van der Waals surface area (Å²) in [7, 11) is 0. The monoisotopic (exact) mass is 235 g/mol. The van der Waals surface area contributed by atoms with E-state index in [4.69, 9.17) is 4.74 Å². The highest BCUT2D eigenvalue weighted by atomic mass is 16.5. The summed E-state index contributed by atoms with van der Waals surface area (Å²) in [6.45, 7) is 7.36. The second-order valence-electron chi connectivity index (χ2n) is 4.41. The fraction of sp³-hybridized carbons (Fsp3) is 0.600. The first kappa shape index (κ1) is 13.9. The van der Waals surface area contributed by atoms with Gasteiger partial charge in [-0.05, 0) is 31.4 Å². The summed E-state index contributed by atoms with van der Waals surface area (Å²) in [6, 6.07) is 8.83. The Morgan fingerprint density at radius 3 is 2.65 bits per heavy atom. The molecular weight excluding hydrogens is 210 g/mol. The average Bonchev–Trinajstić information content (AvgIpc) is 2.36. The maximum atomic E-state index is 5.63. The van der Waals surface area contributed by atoms with Gasteiger partial charge in [-0.2, -0.15) is 0 Å². The summed E-state index contributed by atoms with van der Waals surface area (Å²) in [5.41, 5.74) is 1.17. The lowest BCUT2D eigenvalue weighted by molar-refractivity contribution is 0.317. The number of rotatable bonds is 8. The zero-order valence-corrected chi connectivity index (χ0v) is 11.3. The normalized spacial score (nSPS) is 12.2. The van der Waals surface area contributed by atoms with Gasteiger partial charge >= 0.3 is 0 Å². The van der Waals surface area contributed by atoms with Gasteiger partial charge in [0.15, 0.2) is 0 Å². The Morgan fingerprint density at radius 1 is 1.18 bits per heavy atom. The molecule has 96 valence electrons. The van der Waals surface area contributed by atoms with Crippen molar-refractivity contribution in [1.82, 2.24) is 0 Å². The van der Waals surface area contributed by atoms with Gasteiger partial charge in [0.05, 0.1) is 6.61 Å². The Balaban J connectivity index is 2.57. The van der Waals surface area contributed by atoms with Crippen LogP contribution in [-0.2, 0) is 0 Å². The van der Waals surface area contributed by atoms with Crippen LogP contribution in [0.4, 0.5) is 5.69 Å². The molecule has 0 radical (unpaired) electrons. The molecule has 1 unspecified atom stereocenters. The molecule has 1 atom stereocenters. The molecule has 0 saturated heterocycles. The van der Waals surface area contributed by atoms with Crippen LogP contribution in [0, 0.1) is 0 Å². The molecule has 0 saturated carbocycles. The molecule has 0 amide bonds. The minimum atomic E-state index is 0.571. The molecule has 0 aromatic heterocycles. The van der Waals surface area contributed by atoms with Crippen LogP contribution in [0.1, 0.15) is 46.5 Å². The smallest absolute Gasteiger partial charge is 0.121 e.